The molecule has 100 valence electrons. The van der Waals surface area contributed by atoms with Gasteiger partial charge in [0.25, 0.3) is 11.3 Å². The summed E-state index contributed by atoms with van der Waals surface area (Å²) in [6.45, 7) is -0.206. The normalized spacial score (nSPS) is 21.6. The van der Waals surface area contributed by atoms with Crippen LogP contribution in [-0.4, -0.2) is 33.9 Å². The Bertz CT molecular complexity index is 554. The van der Waals surface area contributed by atoms with Crippen LogP contribution in [0.15, 0.2) is 29.4 Å². The summed E-state index contributed by atoms with van der Waals surface area (Å²) in [5.74, 6) is -1.18. The van der Waals surface area contributed by atoms with Gasteiger partial charge in [-0.3, -0.25) is 10.1 Å². The van der Waals surface area contributed by atoms with E-state index >= 15 is 0 Å². The van der Waals surface area contributed by atoms with Crippen LogP contribution in [0.2, 0.25) is 0 Å². The zero-order chi connectivity index (χ0) is 14.0. The Morgan fingerprint density at radius 2 is 2.16 bits per heavy atom. The molecule has 0 radical (unpaired) electrons. The molecule has 1 aromatic carbocycles. The molecule has 1 aromatic rings. The lowest BCUT2D eigenvalue weighted by Crippen LogP contribution is -2.45. The molecule has 1 aliphatic heterocycles. The van der Waals surface area contributed by atoms with Gasteiger partial charge in [-0.25, -0.2) is 4.79 Å². The van der Waals surface area contributed by atoms with Gasteiger partial charge >= 0.3 is 5.97 Å². The quantitative estimate of drug-likeness (QED) is 0.602. The summed E-state index contributed by atoms with van der Waals surface area (Å²) in [6, 6.07) is 5.63. The third kappa shape index (κ3) is 2.25. The van der Waals surface area contributed by atoms with Crippen LogP contribution in [0.4, 0.5) is 5.69 Å². The zero-order valence-electron chi connectivity index (χ0n) is 9.78. The van der Waals surface area contributed by atoms with E-state index in [-0.39, 0.29) is 18.7 Å². The molecule has 8 heteroatoms. The second-order valence-corrected chi connectivity index (χ2v) is 4.11. The van der Waals surface area contributed by atoms with Crippen molar-refractivity contribution in [2.75, 3.05) is 6.54 Å². The Morgan fingerprint density at radius 1 is 1.53 bits per heavy atom. The van der Waals surface area contributed by atoms with Crippen molar-refractivity contribution in [3.05, 3.63) is 39.9 Å². The molecule has 0 saturated carbocycles. The average molecular weight is 265 g/mol. The zero-order valence-corrected chi connectivity index (χ0v) is 9.78. The number of hydrogen-bond acceptors (Lipinski definition) is 6. The number of nitro benzene ring substituents is 1. The predicted octanol–water partition coefficient (Wildman–Crippen LogP) is 0.501. The Morgan fingerprint density at radius 3 is 2.58 bits per heavy atom. The highest BCUT2D eigenvalue weighted by atomic mass is 16.7. The lowest BCUT2D eigenvalue weighted by Gasteiger charge is -2.18. The SMILES string of the molecule is NCC1(C(=O)O)CC(c2ccc([N+](=O)[O-])cc2)=NO1. The first-order chi connectivity index (χ1) is 8.98. The van der Waals surface area contributed by atoms with Crippen LogP contribution in [0.25, 0.3) is 0 Å². The van der Waals surface area contributed by atoms with E-state index in [0.717, 1.165) is 0 Å². The van der Waals surface area contributed by atoms with Crippen LogP contribution in [0.5, 0.6) is 0 Å². The number of oxime groups is 1. The summed E-state index contributed by atoms with van der Waals surface area (Å²) in [5, 5.41) is 23.3. The van der Waals surface area contributed by atoms with Gasteiger partial charge < -0.3 is 15.7 Å². The van der Waals surface area contributed by atoms with Crippen molar-refractivity contribution < 1.29 is 19.7 Å². The number of nitro groups is 1. The molecule has 0 aromatic heterocycles. The van der Waals surface area contributed by atoms with Crippen molar-refractivity contribution in [3.63, 3.8) is 0 Å². The first kappa shape index (κ1) is 13.0. The van der Waals surface area contributed by atoms with Gasteiger partial charge in [-0.1, -0.05) is 5.16 Å². The minimum atomic E-state index is -1.54. The van der Waals surface area contributed by atoms with E-state index in [2.05, 4.69) is 5.16 Å². The smallest absolute Gasteiger partial charge is 0.352 e. The van der Waals surface area contributed by atoms with Crippen molar-refractivity contribution in [2.24, 2.45) is 10.9 Å². The van der Waals surface area contributed by atoms with Crippen molar-refractivity contribution in [1.29, 1.82) is 0 Å². The number of nitrogens with two attached hydrogens (primary N) is 1. The van der Waals surface area contributed by atoms with E-state index < -0.39 is 16.5 Å². The van der Waals surface area contributed by atoms with Gasteiger partial charge in [0.1, 0.15) is 0 Å². The average Bonchev–Trinajstić information content (AvgIpc) is 2.84. The molecule has 0 fully saturated rings. The second kappa shape index (κ2) is 4.65. The second-order valence-electron chi connectivity index (χ2n) is 4.11. The Labute approximate surface area is 107 Å². The van der Waals surface area contributed by atoms with Crippen LogP contribution in [0.1, 0.15) is 12.0 Å². The fourth-order valence-electron chi connectivity index (χ4n) is 1.72. The van der Waals surface area contributed by atoms with Gasteiger partial charge in [-0.15, -0.1) is 0 Å². The lowest BCUT2D eigenvalue weighted by atomic mass is 9.94. The highest BCUT2D eigenvalue weighted by Crippen LogP contribution is 2.27. The molecule has 1 unspecified atom stereocenters. The van der Waals surface area contributed by atoms with Gasteiger partial charge in [0.2, 0.25) is 0 Å². The van der Waals surface area contributed by atoms with Gasteiger partial charge in [0, 0.05) is 25.1 Å². The van der Waals surface area contributed by atoms with E-state index in [1.807, 2.05) is 0 Å². The molecular weight excluding hydrogens is 254 g/mol. The molecule has 19 heavy (non-hydrogen) atoms. The van der Waals surface area contributed by atoms with Crippen LogP contribution in [0.3, 0.4) is 0 Å². The third-order valence-electron chi connectivity index (χ3n) is 2.91. The van der Waals surface area contributed by atoms with E-state index in [1.165, 1.54) is 24.3 Å². The van der Waals surface area contributed by atoms with Crippen molar-refractivity contribution in [1.82, 2.24) is 0 Å². The predicted molar refractivity (Wildman–Crippen MR) is 64.8 cm³/mol. The molecule has 1 heterocycles. The molecule has 0 spiro atoms. The topological polar surface area (TPSA) is 128 Å². The maximum Gasteiger partial charge on any atom is 0.352 e. The molecule has 3 N–H and O–H groups in total. The maximum absolute atomic E-state index is 11.1. The largest absolute Gasteiger partial charge is 0.478 e. The van der Waals surface area contributed by atoms with Crippen molar-refractivity contribution in [3.8, 4) is 0 Å². The van der Waals surface area contributed by atoms with E-state index in [0.29, 0.717) is 11.3 Å². The molecule has 0 bridgehead atoms. The van der Waals surface area contributed by atoms with Crippen LogP contribution in [-0.2, 0) is 9.63 Å². The van der Waals surface area contributed by atoms with Crippen LogP contribution < -0.4 is 5.73 Å². The number of carboxylic acids is 1. The number of non-ortho nitro benzene ring substituents is 1. The molecule has 0 aliphatic carbocycles. The Balaban J connectivity index is 2.21. The minimum Gasteiger partial charge on any atom is -0.478 e. The van der Waals surface area contributed by atoms with Crippen molar-refractivity contribution in [2.45, 2.75) is 12.0 Å². The summed E-state index contributed by atoms with van der Waals surface area (Å²) in [4.78, 5) is 26.0. The fraction of sp³-hybridized carbons (Fsp3) is 0.273. The minimum absolute atomic E-state index is 0.0244. The van der Waals surface area contributed by atoms with Crippen LogP contribution in [0, 0.1) is 10.1 Å². The number of hydrogen-bond donors (Lipinski definition) is 2. The molecule has 0 saturated heterocycles. The number of rotatable bonds is 4. The summed E-state index contributed by atoms with van der Waals surface area (Å²) >= 11 is 0. The number of carbonyl (C=O) groups is 1. The first-order valence-electron chi connectivity index (χ1n) is 5.42. The lowest BCUT2D eigenvalue weighted by molar-refractivity contribution is -0.384. The van der Waals surface area contributed by atoms with E-state index in [1.54, 1.807) is 0 Å². The fourth-order valence-corrected chi connectivity index (χ4v) is 1.72. The highest BCUT2D eigenvalue weighted by Gasteiger charge is 2.46. The summed E-state index contributed by atoms with van der Waals surface area (Å²) < 4.78 is 0. The number of nitrogens with zero attached hydrogens (tertiary/aromatic N) is 2. The van der Waals surface area contributed by atoms with E-state index in [4.69, 9.17) is 15.7 Å². The van der Waals surface area contributed by atoms with Gasteiger partial charge in [-0.05, 0) is 17.7 Å². The number of aliphatic carboxylic acids is 1. The van der Waals surface area contributed by atoms with Gasteiger partial charge in [0.05, 0.1) is 10.6 Å². The Hall–Kier alpha value is -2.48. The van der Waals surface area contributed by atoms with Crippen molar-refractivity contribution >= 4 is 17.4 Å². The molecule has 8 nitrogen and oxygen atoms in total. The Kier molecular flexibility index (Phi) is 3.17. The van der Waals surface area contributed by atoms with E-state index in [9.17, 15) is 14.9 Å². The third-order valence-corrected chi connectivity index (χ3v) is 2.91. The maximum atomic E-state index is 11.1. The highest BCUT2D eigenvalue weighted by molar-refractivity contribution is 6.04. The molecule has 1 aliphatic rings. The molecule has 2 rings (SSSR count). The van der Waals surface area contributed by atoms with Gasteiger partial charge in [-0.2, -0.15) is 0 Å². The summed E-state index contributed by atoms with van der Waals surface area (Å²) in [6.07, 6.45) is 0.0244. The number of benzene rings is 1. The van der Waals surface area contributed by atoms with Crippen LogP contribution >= 0.6 is 0 Å². The molecule has 1 atom stereocenters. The first-order valence-corrected chi connectivity index (χ1v) is 5.42. The van der Waals surface area contributed by atoms with Gasteiger partial charge in [0.15, 0.2) is 0 Å². The summed E-state index contributed by atoms with van der Waals surface area (Å²) in [7, 11) is 0. The monoisotopic (exact) mass is 265 g/mol. The summed E-state index contributed by atoms with van der Waals surface area (Å²) in [5.41, 5.74) is 4.79. The number of carboxylic acid groups (broad SMARTS) is 1. The standard InChI is InChI=1S/C11H11N3O5/c12-6-11(10(15)16)5-9(13-19-11)7-1-3-8(4-2-7)14(17)18/h1-4H,5-6,12H2,(H,15,16). The molecular formula is C11H11N3O5. The molecule has 0 amide bonds.